The van der Waals surface area contributed by atoms with Gasteiger partial charge in [-0.15, -0.1) is 0 Å². The van der Waals surface area contributed by atoms with E-state index in [9.17, 15) is 9.59 Å². The van der Waals surface area contributed by atoms with Crippen molar-refractivity contribution in [2.24, 2.45) is 5.92 Å². The number of hydrogen-bond acceptors (Lipinski definition) is 5. The van der Waals surface area contributed by atoms with Crippen LogP contribution in [0.15, 0.2) is 12.0 Å². The fraction of sp³-hybridized carbons (Fsp3) is 0.667. The van der Waals surface area contributed by atoms with E-state index >= 15 is 0 Å². The minimum Gasteiger partial charge on any atom is -0.494 e. The Morgan fingerprint density at radius 3 is 2.59 bits per heavy atom. The van der Waals surface area contributed by atoms with Crippen LogP contribution in [0.1, 0.15) is 27.2 Å². The van der Waals surface area contributed by atoms with Crippen molar-refractivity contribution in [3.05, 3.63) is 12.0 Å². The number of carbonyl (C=O) groups excluding carboxylic acids is 2. The molecule has 1 heterocycles. The fourth-order valence-electron chi connectivity index (χ4n) is 1.42. The highest BCUT2D eigenvalue weighted by molar-refractivity contribution is 5.98. The maximum atomic E-state index is 11.7. The molecule has 0 amide bonds. The Morgan fingerprint density at radius 2 is 2.12 bits per heavy atom. The summed E-state index contributed by atoms with van der Waals surface area (Å²) in [6, 6.07) is 0. The SMILES string of the molecule is CC(=O)C(CC1=COCCO1)C(=O)OC(C)C. The van der Waals surface area contributed by atoms with Gasteiger partial charge in [0.05, 0.1) is 6.10 Å². The predicted molar refractivity (Wildman–Crippen MR) is 60.0 cm³/mol. The number of esters is 1. The van der Waals surface area contributed by atoms with Gasteiger partial charge in [-0.2, -0.15) is 0 Å². The molecule has 0 aromatic carbocycles. The van der Waals surface area contributed by atoms with Crippen molar-refractivity contribution in [1.82, 2.24) is 0 Å². The number of rotatable bonds is 5. The first-order chi connectivity index (χ1) is 8.00. The molecular formula is C12H18O5. The van der Waals surface area contributed by atoms with Crippen molar-refractivity contribution >= 4 is 11.8 Å². The topological polar surface area (TPSA) is 61.8 Å². The molecule has 1 aliphatic heterocycles. The van der Waals surface area contributed by atoms with Crippen LogP contribution in [0, 0.1) is 5.92 Å². The number of carbonyl (C=O) groups is 2. The molecule has 1 aliphatic rings. The monoisotopic (exact) mass is 242 g/mol. The molecule has 0 fully saturated rings. The van der Waals surface area contributed by atoms with E-state index in [1.807, 2.05) is 0 Å². The van der Waals surface area contributed by atoms with E-state index in [1.165, 1.54) is 13.2 Å². The van der Waals surface area contributed by atoms with Gasteiger partial charge in [-0.1, -0.05) is 0 Å². The number of allylic oxidation sites excluding steroid dienone is 1. The Hall–Kier alpha value is -1.52. The third-order valence-electron chi connectivity index (χ3n) is 2.24. The molecular weight excluding hydrogens is 224 g/mol. The summed E-state index contributed by atoms with van der Waals surface area (Å²) in [4.78, 5) is 23.1. The first-order valence-corrected chi connectivity index (χ1v) is 5.65. The normalized spacial score (nSPS) is 16.6. The van der Waals surface area contributed by atoms with Gasteiger partial charge < -0.3 is 14.2 Å². The van der Waals surface area contributed by atoms with Gasteiger partial charge in [0.15, 0.2) is 0 Å². The first-order valence-electron chi connectivity index (χ1n) is 5.65. The Labute approximate surface area is 101 Å². The molecule has 0 saturated heterocycles. The second-order valence-corrected chi connectivity index (χ2v) is 4.16. The largest absolute Gasteiger partial charge is 0.494 e. The van der Waals surface area contributed by atoms with Crippen molar-refractivity contribution in [1.29, 1.82) is 0 Å². The molecule has 0 aliphatic carbocycles. The smallest absolute Gasteiger partial charge is 0.317 e. The molecule has 1 rings (SSSR count). The van der Waals surface area contributed by atoms with E-state index in [1.54, 1.807) is 13.8 Å². The third kappa shape index (κ3) is 4.46. The van der Waals surface area contributed by atoms with Crippen LogP contribution in [0.3, 0.4) is 0 Å². The van der Waals surface area contributed by atoms with Crippen LogP contribution < -0.4 is 0 Å². The van der Waals surface area contributed by atoms with E-state index in [0.29, 0.717) is 19.0 Å². The molecule has 96 valence electrons. The van der Waals surface area contributed by atoms with Gasteiger partial charge in [0.1, 0.15) is 36.9 Å². The summed E-state index contributed by atoms with van der Waals surface area (Å²) in [6.07, 6.45) is 1.41. The lowest BCUT2D eigenvalue weighted by Gasteiger charge is -2.19. The summed E-state index contributed by atoms with van der Waals surface area (Å²) in [5, 5.41) is 0. The molecule has 0 spiro atoms. The summed E-state index contributed by atoms with van der Waals surface area (Å²) >= 11 is 0. The number of hydrogen-bond donors (Lipinski definition) is 0. The van der Waals surface area contributed by atoms with Crippen molar-refractivity contribution in [2.45, 2.75) is 33.3 Å². The summed E-state index contributed by atoms with van der Waals surface area (Å²) in [7, 11) is 0. The summed E-state index contributed by atoms with van der Waals surface area (Å²) in [5.74, 6) is -1.05. The van der Waals surface area contributed by atoms with E-state index in [0.717, 1.165) is 0 Å². The second kappa shape index (κ2) is 6.27. The van der Waals surface area contributed by atoms with E-state index in [-0.39, 0.29) is 18.3 Å². The highest BCUT2D eigenvalue weighted by Gasteiger charge is 2.28. The number of Topliss-reactive ketones (excluding diaryl/α,β-unsaturated/α-hetero) is 1. The third-order valence-corrected chi connectivity index (χ3v) is 2.24. The van der Waals surface area contributed by atoms with Crippen LogP contribution in [-0.2, 0) is 23.8 Å². The van der Waals surface area contributed by atoms with Crippen LogP contribution in [0.4, 0.5) is 0 Å². The van der Waals surface area contributed by atoms with Crippen molar-refractivity contribution in [3.63, 3.8) is 0 Å². The highest BCUT2D eigenvalue weighted by Crippen LogP contribution is 2.18. The highest BCUT2D eigenvalue weighted by atomic mass is 16.6. The average Bonchev–Trinajstić information content (AvgIpc) is 2.25. The van der Waals surface area contributed by atoms with E-state index in [4.69, 9.17) is 14.2 Å². The fourth-order valence-corrected chi connectivity index (χ4v) is 1.42. The zero-order chi connectivity index (χ0) is 12.8. The summed E-state index contributed by atoms with van der Waals surface area (Å²) in [5.41, 5.74) is 0. The van der Waals surface area contributed by atoms with Crippen LogP contribution in [-0.4, -0.2) is 31.1 Å². The Kier molecular flexibility index (Phi) is 5.00. The molecule has 0 radical (unpaired) electrons. The van der Waals surface area contributed by atoms with Crippen LogP contribution in [0.2, 0.25) is 0 Å². The Balaban J connectivity index is 2.62. The minimum atomic E-state index is -0.814. The predicted octanol–water partition coefficient (Wildman–Crippen LogP) is 1.42. The van der Waals surface area contributed by atoms with Gasteiger partial charge >= 0.3 is 5.97 Å². The number of ether oxygens (including phenoxy) is 3. The van der Waals surface area contributed by atoms with Gasteiger partial charge in [0.2, 0.25) is 0 Å². The zero-order valence-electron chi connectivity index (χ0n) is 10.4. The Bertz CT molecular complexity index is 319. The van der Waals surface area contributed by atoms with Gasteiger partial charge in [0.25, 0.3) is 0 Å². The maximum Gasteiger partial charge on any atom is 0.317 e. The second-order valence-electron chi connectivity index (χ2n) is 4.16. The van der Waals surface area contributed by atoms with E-state index in [2.05, 4.69) is 0 Å². The minimum absolute atomic E-state index is 0.195. The molecule has 1 atom stereocenters. The van der Waals surface area contributed by atoms with Crippen molar-refractivity contribution in [3.8, 4) is 0 Å². The molecule has 0 saturated carbocycles. The first kappa shape index (κ1) is 13.5. The Morgan fingerprint density at radius 1 is 1.41 bits per heavy atom. The van der Waals surface area contributed by atoms with Gasteiger partial charge in [-0.05, 0) is 20.8 Å². The van der Waals surface area contributed by atoms with Crippen molar-refractivity contribution < 1.29 is 23.8 Å². The average molecular weight is 242 g/mol. The van der Waals surface area contributed by atoms with Gasteiger partial charge in [-0.25, -0.2) is 0 Å². The van der Waals surface area contributed by atoms with Gasteiger partial charge in [0, 0.05) is 6.42 Å². The van der Waals surface area contributed by atoms with Gasteiger partial charge in [-0.3, -0.25) is 9.59 Å². The standard InChI is InChI=1S/C12H18O5/c1-8(2)17-12(14)11(9(3)13)6-10-7-15-4-5-16-10/h7-8,11H,4-6H2,1-3H3. The lowest BCUT2D eigenvalue weighted by atomic mass is 10.0. The maximum absolute atomic E-state index is 11.7. The van der Waals surface area contributed by atoms with Crippen LogP contribution in [0.5, 0.6) is 0 Å². The quantitative estimate of drug-likeness (QED) is 0.539. The molecule has 0 bridgehead atoms. The molecule has 5 heteroatoms. The summed E-state index contributed by atoms with van der Waals surface area (Å²) in [6.45, 7) is 5.79. The molecule has 5 nitrogen and oxygen atoms in total. The number of ketones is 1. The molecule has 1 unspecified atom stereocenters. The lowest BCUT2D eigenvalue weighted by molar-refractivity contribution is -0.155. The summed E-state index contributed by atoms with van der Waals surface area (Å²) < 4.78 is 15.4. The molecule has 17 heavy (non-hydrogen) atoms. The van der Waals surface area contributed by atoms with E-state index < -0.39 is 11.9 Å². The van der Waals surface area contributed by atoms with Crippen molar-refractivity contribution in [2.75, 3.05) is 13.2 Å². The van der Waals surface area contributed by atoms with Crippen LogP contribution in [0.25, 0.3) is 0 Å². The lowest BCUT2D eigenvalue weighted by Crippen LogP contribution is -2.28. The molecule has 0 N–H and O–H groups in total. The van der Waals surface area contributed by atoms with Crippen LogP contribution >= 0.6 is 0 Å². The zero-order valence-corrected chi connectivity index (χ0v) is 10.4. The molecule has 0 aromatic rings. The molecule has 0 aromatic heterocycles.